The fourth-order valence-electron chi connectivity index (χ4n) is 2.46. The SMILES string of the molecule is CC(C)(C)OC(=O)N1CC[C@@H]1C(=O)N[C@H]1CCCN(O)C1=O. The maximum atomic E-state index is 12.2. The van der Waals surface area contributed by atoms with Gasteiger partial charge in [-0.1, -0.05) is 0 Å². The summed E-state index contributed by atoms with van der Waals surface area (Å²) in [6, 6.07) is -1.34. The van der Waals surface area contributed by atoms with E-state index in [0.29, 0.717) is 30.9 Å². The average Bonchev–Trinajstić information content (AvgIpc) is 2.31. The molecular weight excluding hydrogens is 290 g/mol. The van der Waals surface area contributed by atoms with Crippen molar-refractivity contribution in [2.75, 3.05) is 13.1 Å². The summed E-state index contributed by atoms with van der Waals surface area (Å²) in [5.41, 5.74) is -0.621. The smallest absolute Gasteiger partial charge is 0.410 e. The Bertz CT molecular complexity index is 474. The Balaban J connectivity index is 1.90. The van der Waals surface area contributed by atoms with Gasteiger partial charge in [0.1, 0.15) is 17.7 Å². The van der Waals surface area contributed by atoms with E-state index in [4.69, 9.17) is 4.74 Å². The highest BCUT2D eigenvalue weighted by molar-refractivity contribution is 5.92. The molecular formula is C14H23N3O5. The second-order valence-corrected chi connectivity index (χ2v) is 6.64. The van der Waals surface area contributed by atoms with Gasteiger partial charge in [-0.15, -0.1) is 0 Å². The van der Waals surface area contributed by atoms with Crippen LogP contribution in [0.15, 0.2) is 0 Å². The molecule has 0 radical (unpaired) electrons. The zero-order valence-corrected chi connectivity index (χ0v) is 13.2. The van der Waals surface area contributed by atoms with E-state index in [1.165, 1.54) is 4.90 Å². The minimum absolute atomic E-state index is 0.276. The predicted octanol–water partition coefficient (Wildman–Crippen LogP) is 0.492. The molecule has 124 valence electrons. The van der Waals surface area contributed by atoms with E-state index in [1.54, 1.807) is 20.8 Å². The van der Waals surface area contributed by atoms with Crippen LogP contribution in [-0.2, 0) is 14.3 Å². The number of nitrogens with one attached hydrogen (secondary N) is 1. The van der Waals surface area contributed by atoms with Gasteiger partial charge >= 0.3 is 6.09 Å². The molecule has 0 spiro atoms. The molecule has 2 aliphatic heterocycles. The molecule has 0 unspecified atom stereocenters. The lowest BCUT2D eigenvalue weighted by Crippen LogP contribution is -2.62. The molecule has 2 rings (SSSR count). The van der Waals surface area contributed by atoms with E-state index in [9.17, 15) is 19.6 Å². The molecule has 8 heteroatoms. The van der Waals surface area contributed by atoms with Crippen molar-refractivity contribution in [1.29, 1.82) is 0 Å². The van der Waals surface area contributed by atoms with Gasteiger partial charge in [0.15, 0.2) is 0 Å². The van der Waals surface area contributed by atoms with E-state index in [-0.39, 0.29) is 12.5 Å². The monoisotopic (exact) mass is 313 g/mol. The molecule has 2 aliphatic rings. The number of carbonyl (C=O) groups is 3. The van der Waals surface area contributed by atoms with Crippen LogP contribution in [0.2, 0.25) is 0 Å². The van der Waals surface area contributed by atoms with Gasteiger partial charge in [-0.25, -0.2) is 9.86 Å². The highest BCUT2D eigenvalue weighted by Crippen LogP contribution is 2.22. The number of hydrogen-bond acceptors (Lipinski definition) is 5. The first-order valence-electron chi connectivity index (χ1n) is 7.49. The van der Waals surface area contributed by atoms with Crippen molar-refractivity contribution in [1.82, 2.24) is 15.3 Å². The molecule has 22 heavy (non-hydrogen) atoms. The summed E-state index contributed by atoms with van der Waals surface area (Å²) >= 11 is 0. The van der Waals surface area contributed by atoms with Gasteiger partial charge in [0.25, 0.3) is 5.91 Å². The van der Waals surface area contributed by atoms with Crippen LogP contribution in [-0.4, -0.2) is 63.9 Å². The maximum Gasteiger partial charge on any atom is 0.410 e. The number of hydroxylamine groups is 2. The molecule has 0 bridgehead atoms. The number of carbonyl (C=O) groups excluding carboxylic acids is 3. The lowest BCUT2D eigenvalue weighted by molar-refractivity contribution is -0.173. The molecule has 0 aromatic carbocycles. The molecule has 8 nitrogen and oxygen atoms in total. The van der Waals surface area contributed by atoms with Crippen molar-refractivity contribution < 1.29 is 24.3 Å². The second-order valence-electron chi connectivity index (χ2n) is 6.64. The van der Waals surface area contributed by atoms with Gasteiger partial charge in [0.05, 0.1) is 0 Å². The summed E-state index contributed by atoms with van der Waals surface area (Å²) in [7, 11) is 0. The van der Waals surface area contributed by atoms with Crippen LogP contribution >= 0.6 is 0 Å². The van der Waals surface area contributed by atoms with Crippen molar-refractivity contribution in [3.8, 4) is 0 Å². The third-order valence-corrected chi connectivity index (χ3v) is 3.68. The number of likely N-dealkylation sites (tertiary alicyclic amines) is 1. The summed E-state index contributed by atoms with van der Waals surface area (Å²) in [5, 5.41) is 12.6. The Kier molecular flexibility index (Phi) is 4.60. The van der Waals surface area contributed by atoms with Crippen LogP contribution < -0.4 is 5.32 Å². The van der Waals surface area contributed by atoms with Crippen LogP contribution in [0.5, 0.6) is 0 Å². The number of piperidine rings is 1. The third-order valence-electron chi connectivity index (χ3n) is 3.68. The number of amides is 3. The number of ether oxygens (including phenoxy) is 1. The van der Waals surface area contributed by atoms with Crippen LogP contribution in [0.4, 0.5) is 4.79 Å². The summed E-state index contributed by atoms with van der Waals surface area (Å²) < 4.78 is 5.24. The number of rotatable bonds is 2. The van der Waals surface area contributed by atoms with Crippen molar-refractivity contribution >= 4 is 17.9 Å². The van der Waals surface area contributed by atoms with Gasteiger partial charge in [-0.2, -0.15) is 0 Å². The predicted molar refractivity (Wildman–Crippen MR) is 76.0 cm³/mol. The molecule has 2 N–H and O–H groups in total. The van der Waals surface area contributed by atoms with Crippen molar-refractivity contribution in [3.05, 3.63) is 0 Å². The van der Waals surface area contributed by atoms with E-state index in [2.05, 4.69) is 5.32 Å². The number of nitrogens with zero attached hydrogens (tertiary/aromatic N) is 2. The molecule has 0 aromatic rings. The van der Waals surface area contributed by atoms with E-state index in [1.807, 2.05) is 0 Å². The topological polar surface area (TPSA) is 99.2 Å². The normalized spacial score (nSPS) is 25.5. The van der Waals surface area contributed by atoms with Gasteiger partial charge < -0.3 is 10.1 Å². The van der Waals surface area contributed by atoms with E-state index in [0.717, 1.165) is 0 Å². The summed E-state index contributed by atoms with van der Waals surface area (Å²) in [6.45, 7) is 6.01. The van der Waals surface area contributed by atoms with Crippen molar-refractivity contribution in [3.63, 3.8) is 0 Å². The molecule has 0 aromatic heterocycles. The highest BCUT2D eigenvalue weighted by Gasteiger charge is 2.41. The van der Waals surface area contributed by atoms with Crippen molar-refractivity contribution in [2.45, 2.75) is 57.7 Å². The average molecular weight is 313 g/mol. The molecule has 2 saturated heterocycles. The Morgan fingerprint density at radius 3 is 2.50 bits per heavy atom. The Labute approximate surface area is 129 Å². The van der Waals surface area contributed by atoms with Gasteiger partial charge in [-0.3, -0.25) is 19.7 Å². The van der Waals surface area contributed by atoms with Crippen LogP contribution in [0, 0.1) is 0 Å². The molecule has 0 aliphatic carbocycles. The lowest BCUT2D eigenvalue weighted by Gasteiger charge is -2.41. The first-order valence-corrected chi connectivity index (χ1v) is 7.49. The standard InChI is InChI=1S/C14H23N3O5/c1-14(2,3)22-13(20)16-8-6-10(16)11(18)15-9-5-4-7-17(21)12(9)19/h9-10,21H,4-8H2,1-3H3,(H,15,18)/t9-,10+/m0/s1. The first kappa shape index (κ1) is 16.5. The zero-order valence-electron chi connectivity index (χ0n) is 13.2. The van der Waals surface area contributed by atoms with Gasteiger partial charge in [-0.05, 0) is 40.0 Å². The largest absolute Gasteiger partial charge is 0.444 e. The Hall–Kier alpha value is -1.83. The van der Waals surface area contributed by atoms with E-state index >= 15 is 0 Å². The van der Waals surface area contributed by atoms with Crippen LogP contribution in [0.3, 0.4) is 0 Å². The quantitative estimate of drug-likeness (QED) is 0.723. The maximum absolute atomic E-state index is 12.2. The second kappa shape index (κ2) is 6.12. The summed E-state index contributed by atoms with van der Waals surface area (Å²) in [4.78, 5) is 37.3. The zero-order chi connectivity index (χ0) is 16.5. The molecule has 2 heterocycles. The minimum atomic E-state index is -0.729. The molecule has 2 fully saturated rings. The molecule has 0 saturated carbocycles. The molecule has 2 atom stereocenters. The van der Waals surface area contributed by atoms with Gasteiger partial charge in [0.2, 0.25) is 5.91 Å². The number of hydrogen-bond donors (Lipinski definition) is 2. The van der Waals surface area contributed by atoms with Crippen LogP contribution in [0.1, 0.15) is 40.0 Å². The fraction of sp³-hybridized carbons (Fsp3) is 0.786. The first-order chi connectivity index (χ1) is 10.2. The Morgan fingerprint density at radius 1 is 1.27 bits per heavy atom. The third kappa shape index (κ3) is 3.68. The summed E-state index contributed by atoms with van der Waals surface area (Å²) in [5.74, 6) is -0.895. The van der Waals surface area contributed by atoms with E-state index < -0.39 is 29.7 Å². The van der Waals surface area contributed by atoms with Crippen molar-refractivity contribution in [2.24, 2.45) is 0 Å². The fourth-order valence-corrected chi connectivity index (χ4v) is 2.46. The summed E-state index contributed by atoms with van der Waals surface area (Å²) in [6.07, 6.45) is 1.11. The lowest BCUT2D eigenvalue weighted by atomic mass is 10.0. The van der Waals surface area contributed by atoms with Gasteiger partial charge in [0, 0.05) is 13.1 Å². The molecule has 3 amide bonds. The highest BCUT2D eigenvalue weighted by atomic mass is 16.6. The van der Waals surface area contributed by atoms with Crippen LogP contribution in [0.25, 0.3) is 0 Å². The minimum Gasteiger partial charge on any atom is -0.444 e. The Morgan fingerprint density at radius 2 is 1.95 bits per heavy atom.